The highest BCUT2D eigenvalue weighted by Crippen LogP contribution is 2.24. The van der Waals surface area contributed by atoms with Crippen molar-refractivity contribution in [1.29, 1.82) is 0 Å². The van der Waals surface area contributed by atoms with Gasteiger partial charge in [-0.25, -0.2) is 12.8 Å². The van der Waals surface area contributed by atoms with E-state index in [9.17, 15) is 17.6 Å². The minimum Gasteiger partial charge on any atom is -0.497 e. The molecule has 0 bridgehead atoms. The van der Waals surface area contributed by atoms with Gasteiger partial charge in [-0.1, -0.05) is 42.5 Å². The van der Waals surface area contributed by atoms with E-state index in [2.05, 4.69) is 10.0 Å². The van der Waals surface area contributed by atoms with Crippen LogP contribution in [0.3, 0.4) is 0 Å². The van der Waals surface area contributed by atoms with Gasteiger partial charge in [-0.3, -0.25) is 4.79 Å². The number of amides is 1. The highest BCUT2D eigenvalue weighted by Gasteiger charge is 2.27. The van der Waals surface area contributed by atoms with Gasteiger partial charge < -0.3 is 14.8 Å². The van der Waals surface area contributed by atoms with E-state index in [1.165, 1.54) is 12.1 Å². The van der Waals surface area contributed by atoms with Crippen LogP contribution in [0, 0.1) is 5.82 Å². The molecule has 0 aliphatic carbocycles. The van der Waals surface area contributed by atoms with E-state index in [0.717, 1.165) is 23.3 Å². The van der Waals surface area contributed by atoms with E-state index >= 15 is 0 Å². The van der Waals surface area contributed by atoms with Gasteiger partial charge in [0.15, 0.2) is 0 Å². The number of carbonyl (C=O) groups excluding carboxylic acids is 1. The largest absolute Gasteiger partial charge is 0.497 e. The van der Waals surface area contributed by atoms with Crippen LogP contribution < -0.4 is 19.5 Å². The van der Waals surface area contributed by atoms with Crippen molar-refractivity contribution in [2.24, 2.45) is 0 Å². The summed E-state index contributed by atoms with van der Waals surface area (Å²) in [5.74, 6) is -0.109. The standard InChI is InChI=1S/C25H27FN2O5S/c1-32-20-12-13-23(33-2)19(17-20)14-15-27-25(29)22(16-18-8-4-3-5-9-18)28-34(30,31)24-11-7-6-10-21(24)26/h3-13,17,22,28H,14-16H2,1-2H3,(H,27,29). The molecule has 3 aromatic carbocycles. The lowest BCUT2D eigenvalue weighted by molar-refractivity contribution is -0.122. The van der Waals surface area contributed by atoms with E-state index in [4.69, 9.17) is 9.47 Å². The van der Waals surface area contributed by atoms with E-state index < -0.39 is 32.7 Å². The lowest BCUT2D eigenvalue weighted by Gasteiger charge is -2.19. The molecule has 1 amide bonds. The summed E-state index contributed by atoms with van der Waals surface area (Å²) >= 11 is 0. The fraction of sp³-hybridized carbons (Fsp3) is 0.240. The zero-order chi connectivity index (χ0) is 24.6. The number of ether oxygens (including phenoxy) is 2. The van der Waals surface area contributed by atoms with E-state index in [-0.39, 0.29) is 13.0 Å². The molecule has 34 heavy (non-hydrogen) atoms. The number of hydrogen-bond donors (Lipinski definition) is 2. The van der Waals surface area contributed by atoms with Crippen molar-refractivity contribution in [3.8, 4) is 11.5 Å². The van der Waals surface area contributed by atoms with Gasteiger partial charge in [0.1, 0.15) is 28.3 Å². The highest BCUT2D eigenvalue weighted by molar-refractivity contribution is 7.89. The number of methoxy groups -OCH3 is 2. The molecular formula is C25H27FN2O5S. The van der Waals surface area contributed by atoms with Gasteiger partial charge in [-0.2, -0.15) is 4.72 Å². The van der Waals surface area contributed by atoms with E-state index in [1.807, 2.05) is 12.1 Å². The number of halogens is 1. The SMILES string of the molecule is COc1ccc(OC)c(CCNC(=O)C(Cc2ccccc2)NS(=O)(=O)c2ccccc2F)c1. The Morgan fingerprint density at radius 3 is 2.35 bits per heavy atom. The Labute approximate surface area is 199 Å². The first-order valence-corrected chi connectivity index (χ1v) is 12.1. The van der Waals surface area contributed by atoms with Crippen molar-refractivity contribution in [2.75, 3.05) is 20.8 Å². The number of benzene rings is 3. The maximum Gasteiger partial charge on any atom is 0.244 e. The molecule has 0 spiro atoms. The second-order valence-electron chi connectivity index (χ2n) is 7.51. The molecule has 0 aliphatic rings. The zero-order valence-electron chi connectivity index (χ0n) is 19.0. The highest BCUT2D eigenvalue weighted by atomic mass is 32.2. The molecule has 1 unspecified atom stereocenters. The molecule has 0 aliphatic heterocycles. The topological polar surface area (TPSA) is 93.7 Å². The third kappa shape index (κ3) is 6.55. The van der Waals surface area contributed by atoms with Crippen LogP contribution in [0.4, 0.5) is 4.39 Å². The normalized spacial score (nSPS) is 12.1. The summed E-state index contributed by atoms with van der Waals surface area (Å²) in [5.41, 5.74) is 1.59. The monoisotopic (exact) mass is 486 g/mol. The molecule has 0 aromatic heterocycles. The molecule has 1 atom stereocenters. The first kappa shape index (κ1) is 25.2. The maximum atomic E-state index is 14.1. The third-order valence-electron chi connectivity index (χ3n) is 5.20. The number of carbonyl (C=O) groups is 1. The van der Waals surface area contributed by atoms with Crippen molar-refractivity contribution >= 4 is 15.9 Å². The van der Waals surface area contributed by atoms with Gasteiger partial charge in [0.05, 0.1) is 14.2 Å². The summed E-state index contributed by atoms with van der Waals surface area (Å²) in [4.78, 5) is 12.5. The van der Waals surface area contributed by atoms with Gasteiger partial charge in [-0.05, 0) is 54.3 Å². The van der Waals surface area contributed by atoms with Gasteiger partial charge in [-0.15, -0.1) is 0 Å². The predicted octanol–water partition coefficient (Wildman–Crippen LogP) is 3.09. The fourth-order valence-electron chi connectivity index (χ4n) is 3.47. The Morgan fingerprint density at radius 2 is 1.68 bits per heavy atom. The van der Waals surface area contributed by atoms with Crippen LogP contribution in [-0.2, 0) is 27.7 Å². The first-order valence-electron chi connectivity index (χ1n) is 10.6. The molecule has 7 nitrogen and oxygen atoms in total. The smallest absolute Gasteiger partial charge is 0.244 e. The van der Waals surface area contributed by atoms with Crippen molar-refractivity contribution in [3.05, 3.63) is 89.7 Å². The lowest BCUT2D eigenvalue weighted by atomic mass is 10.1. The Balaban J connectivity index is 1.75. The van der Waals surface area contributed by atoms with Gasteiger partial charge in [0.25, 0.3) is 0 Å². The van der Waals surface area contributed by atoms with Crippen molar-refractivity contribution in [2.45, 2.75) is 23.8 Å². The van der Waals surface area contributed by atoms with Crippen LogP contribution in [0.1, 0.15) is 11.1 Å². The van der Waals surface area contributed by atoms with E-state index in [1.54, 1.807) is 50.6 Å². The van der Waals surface area contributed by atoms with Crippen LogP contribution in [0.5, 0.6) is 11.5 Å². The average molecular weight is 487 g/mol. The Kier molecular flexibility index (Phi) is 8.61. The first-order chi connectivity index (χ1) is 16.3. The van der Waals surface area contributed by atoms with Crippen molar-refractivity contribution < 1.29 is 27.1 Å². The van der Waals surface area contributed by atoms with Crippen molar-refractivity contribution in [3.63, 3.8) is 0 Å². The summed E-state index contributed by atoms with van der Waals surface area (Å²) in [5, 5.41) is 2.77. The van der Waals surface area contributed by atoms with Crippen molar-refractivity contribution in [1.82, 2.24) is 10.0 Å². The van der Waals surface area contributed by atoms with Crippen LogP contribution in [-0.4, -0.2) is 41.1 Å². The van der Waals surface area contributed by atoms with Crippen LogP contribution in [0.25, 0.3) is 0 Å². The molecule has 0 radical (unpaired) electrons. The second-order valence-corrected chi connectivity index (χ2v) is 9.20. The minimum atomic E-state index is -4.27. The maximum absolute atomic E-state index is 14.1. The lowest BCUT2D eigenvalue weighted by Crippen LogP contribution is -2.48. The Bertz CT molecular complexity index is 1220. The summed E-state index contributed by atoms with van der Waals surface area (Å²) in [6.07, 6.45) is 0.535. The number of nitrogens with one attached hydrogen (secondary N) is 2. The minimum absolute atomic E-state index is 0.100. The van der Waals surface area contributed by atoms with Crippen LogP contribution in [0.15, 0.2) is 77.7 Å². The quantitative estimate of drug-likeness (QED) is 0.435. The van der Waals surface area contributed by atoms with Crippen LogP contribution >= 0.6 is 0 Å². The van der Waals surface area contributed by atoms with Gasteiger partial charge in [0, 0.05) is 6.54 Å². The predicted molar refractivity (Wildman–Crippen MR) is 127 cm³/mol. The molecule has 3 rings (SSSR count). The summed E-state index contributed by atoms with van der Waals surface area (Å²) in [6.45, 7) is 0.231. The third-order valence-corrected chi connectivity index (χ3v) is 6.71. The molecule has 2 N–H and O–H groups in total. The zero-order valence-corrected chi connectivity index (χ0v) is 19.8. The molecular weight excluding hydrogens is 459 g/mol. The molecule has 0 saturated heterocycles. The average Bonchev–Trinajstić information content (AvgIpc) is 2.84. The number of hydrogen-bond acceptors (Lipinski definition) is 5. The number of rotatable bonds is 11. The number of sulfonamides is 1. The molecule has 180 valence electrons. The molecule has 9 heteroatoms. The summed E-state index contributed by atoms with van der Waals surface area (Å²) in [7, 11) is -1.16. The fourth-order valence-corrected chi connectivity index (χ4v) is 4.75. The molecule has 0 fully saturated rings. The second kappa shape index (κ2) is 11.6. The Morgan fingerprint density at radius 1 is 0.971 bits per heavy atom. The van der Waals surface area contributed by atoms with Gasteiger partial charge >= 0.3 is 0 Å². The summed E-state index contributed by atoms with van der Waals surface area (Å²) in [6, 6.07) is 18.3. The molecule has 0 heterocycles. The Hall–Kier alpha value is -3.43. The van der Waals surface area contributed by atoms with Gasteiger partial charge in [0.2, 0.25) is 15.9 Å². The van der Waals surface area contributed by atoms with E-state index in [0.29, 0.717) is 17.9 Å². The van der Waals surface area contributed by atoms with Crippen LogP contribution in [0.2, 0.25) is 0 Å². The summed E-state index contributed by atoms with van der Waals surface area (Å²) < 4.78 is 52.8. The molecule has 3 aromatic rings. The molecule has 0 saturated carbocycles.